The molecule has 0 nitrogen and oxygen atoms in total. The molecule has 1 rings (SSSR count). The van der Waals surface area contributed by atoms with Gasteiger partial charge >= 0.3 is 0 Å². The average molecular weight is 230 g/mol. The van der Waals surface area contributed by atoms with Gasteiger partial charge < -0.3 is 0 Å². The molecule has 1 aromatic carbocycles. The third kappa shape index (κ3) is 17.9. The van der Waals surface area contributed by atoms with E-state index in [0.717, 1.165) is 0 Å². The molecule has 0 amide bonds. The summed E-state index contributed by atoms with van der Waals surface area (Å²) in [4.78, 5) is 0. The van der Waals surface area contributed by atoms with Crippen molar-refractivity contribution in [3.05, 3.63) is 36.4 Å². The highest BCUT2D eigenvalue weighted by Gasteiger charge is 2.08. The van der Waals surface area contributed by atoms with Crippen molar-refractivity contribution in [1.82, 2.24) is 0 Å². The van der Waals surface area contributed by atoms with Crippen LogP contribution < -0.4 is 0 Å². The molecule has 0 unspecified atom stereocenters. The lowest BCUT2D eigenvalue weighted by Gasteiger charge is -1.93. The summed E-state index contributed by atoms with van der Waals surface area (Å²) in [6.07, 6.45) is 0. The lowest BCUT2D eigenvalue weighted by Crippen LogP contribution is -1.81. The maximum Gasteiger partial charge on any atom is 0.234 e. The molecule has 0 aliphatic heterocycles. The van der Waals surface area contributed by atoms with Gasteiger partial charge in [-0.1, -0.05) is 71.2 Å². The smallest absolute Gasteiger partial charge is 0.125 e. The van der Waals surface area contributed by atoms with E-state index in [-0.39, 0.29) is 0 Å². The third-order valence-electron chi connectivity index (χ3n) is 0.667. The Morgan fingerprint density at radius 2 is 0.818 bits per heavy atom. The lowest BCUT2D eigenvalue weighted by molar-refractivity contribution is 1.72. The van der Waals surface area contributed by atoms with Crippen molar-refractivity contribution in [2.24, 2.45) is 0 Å². The molecule has 0 fully saturated rings. The maximum atomic E-state index is 4.93. The van der Waals surface area contributed by atoms with Crippen LogP contribution in [0.25, 0.3) is 0 Å². The number of hydrogen-bond acceptors (Lipinski definition) is 1. The summed E-state index contributed by atoms with van der Waals surface area (Å²) in [6.45, 7) is 0. The van der Waals surface area contributed by atoms with Crippen LogP contribution in [-0.4, -0.2) is 3.12 Å². The Labute approximate surface area is 86.9 Å². The van der Waals surface area contributed by atoms with E-state index >= 15 is 0 Å². The summed E-state index contributed by atoms with van der Waals surface area (Å²) in [7, 11) is 0. The predicted octanol–water partition coefficient (Wildman–Crippen LogP) is 3.93. The highest BCUT2D eigenvalue weighted by atomic mass is 35.6. The summed E-state index contributed by atoms with van der Waals surface area (Å²) in [5, 5.41) is 0. The highest BCUT2D eigenvalue weighted by molar-refractivity contribution is 7.87. The largest absolute Gasteiger partial charge is 0.234 e. The maximum absolute atomic E-state index is 4.93. The zero-order chi connectivity index (χ0) is 8.74. The van der Waals surface area contributed by atoms with E-state index < -0.39 is 3.12 Å². The van der Waals surface area contributed by atoms with Gasteiger partial charge in [0.05, 0.1) is 0 Å². The van der Waals surface area contributed by atoms with Gasteiger partial charge in [-0.25, -0.2) is 0 Å². The van der Waals surface area contributed by atoms with Crippen molar-refractivity contribution < 1.29 is 0 Å². The molecule has 0 saturated heterocycles. The minimum Gasteiger partial charge on any atom is -0.125 e. The van der Waals surface area contributed by atoms with Crippen molar-refractivity contribution in [2.75, 3.05) is 0 Å². The zero-order valence-corrected chi connectivity index (χ0v) is 8.71. The summed E-state index contributed by atoms with van der Waals surface area (Å²) in [5.74, 6) is 0. The Morgan fingerprint density at radius 3 is 0.909 bits per heavy atom. The normalized spacial score (nSPS) is 9.82. The van der Waals surface area contributed by atoms with Crippen LogP contribution in [0, 0.1) is 0 Å². The second-order valence-corrected chi connectivity index (χ2v) is 5.37. The van der Waals surface area contributed by atoms with Gasteiger partial charge in [-0.15, -0.1) is 12.6 Å². The molecule has 0 radical (unpaired) electrons. The summed E-state index contributed by atoms with van der Waals surface area (Å²) >= 11 is 18.2. The molecule has 0 aliphatic rings. The number of rotatable bonds is 0. The fourth-order valence-corrected chi connectivity index (χ4v) is 0.385. The second kappa shape index (κ2) is 6.01. The number of thiol groups is 1. The van der Waals surface area contributed by atoms with Crippen LogP contribution in [0.3, 0.4) is 0 Å². The Morgan fingerprint density at radius 1 is 0.727 bits per heavy atom. The molecule has 0 bridgehead atoms. The SMILES string of the molecule is SC(Cl)(Cl)Cl.c1ccccc1. The van der Waals surface area contributed by atoms with E-state index in [0.29, 0.717) is 0 Å². The lowest BCUT2D eigenvalue weighted by atomic mass is 10.4. The fourth-order valence-electron chi connectivity index (χ4n) is 0.385. The average Bonchev–Trinajstić information content (AvgIpc) is 1.88. The first-order valence-electron chi connectivity index (χ1n) is 2.79. The van der Waals surface area contributed by atoms with Gasteiger partial charge in [-0.3, -0.25) is 0 Å². The summed E-state index contributed by atoms with van der Waals surface area (Å²) in [6, 6.07) is 12.0. The first-order chi connectivity index (χ1) is 5.00. The van der Waals surface area contributed by atoms with Crippen molar-refractivity contribution >= 4 is 47.4 Å². The molecule has 0 aromatic heterocycles. The van der Waals surface area contributed by atoms with Crippen LogP contribution in [0.15, 0.2) is 36.4 Å². The Balaban J connectivity index is 0.000000187. The third-order valence-corrected chi connectivity index (χ3v) is 0.667. The summed E-state index contributed by atoms with van der Waals surface area (Å²) in [5.41, 5.74) is 0. The number of alkyl halides is 3. The molecule has 0 heterocycles. The Hall–Kier alpha value is 0.440. The van der Waals surface area contributed by atoms with Crippen LogP contribution in [0.1, 0.15) is 0 Å². The molecular weight excluding hydrogens is 223 g/mol. The van der Waals surface area contributed by atoms with Gasteiger partial charge in [0.1, 0.15) is 0 Å². The number of hydrogen-bond donors (Lipinski definition) is 1. The first kappa shape index (κ1) is 11.4. The van der Waals surface area contributed by atoms with Crippen LogP contribution in [0.5, 0.6) is 0 Å². The molecule has 0 spiro atoms. The van der Waals surface area contributed by atoms with Crippen LogP contribution in [0.4, 0.5) is 0 Å². The topological polar surface area (TPSA) is 0 Å². The first-order valence-corrected chi connectivity index (χ1v) is 4.37. The van der Waals surface area contributed by atoms with Gasteiger partial charge in [-0.2, -0.15) is 0 Å². The van der Waals surface area contributed by atoms with Crippen molar-refractivity contribution in [1.29, 1.82) is 0 Å². The number of benzene rings is 1. The quantitative estimate of drug-likeness (QED) is 0.506. The molecule has 1 aromatic rings. The van der Waals surface area contributed by atoms with Gasteiger partial charge in [0.25, 0.3) is 0 Å². The van der Waals surface area contributed by atoms with Crippen LogP contribution in [0.2, 0.25) is 0 Å². The standard InChI is InChI=1S/C6H6.CHCl3S/c1-2-4-6-5-3-1;2-1(3,4)5/h1-6H;5H. The predicted molar refractivity (Wildman–Crippen MR) is 55.7 cm³/mol. The van der Waals surface area contributed by atoms with E-state index in [1.54, 1.807) is 0 Å². The van der Waals surface area contributed by atoms with Crippen LogP contribution in [-0.2, 0) is 0 Å². The van der Waals surface area contributed by atoms with E-state index in [9.17, 15) is 0 Å². The van der Waals surface area contributed by atoms with Gasteiger partial charge in [0.15, 0.2) is 0 Å². The highest BCUT2D eigenvalue weighted by Crippen LogP contribution is 2.29. The molecule has 0 N–H and O–H groups in total. The minimum absolute atomic E-state index is 1.39. The van der Waals surface area contributed by atoms with Crippen molar-refractivity contribution in [3.8, 4) is 0 Å². The molecule has 0 aliphatic carbocycles. The molecular formula is C7H7Cl3S. The van der Waals surface area contributed by atoms with E-state index in [4.69, 9.17) is 34.8 Å². The molecule has 4 heteroatoms. The molecule has 0 saturated carbocycles. The molecule has 11 heavy (non-hydrogen) atoms. The van der Waals surface area contributed by atoms with Gasteiger partial charge in [-0.05, 0) is 0 Å². The fraction of sp³-hybridized carbons (Fsp3) is 0.143. The Kier molecular flexibility index (Phi) is 6.25. The monoisotopic (exact) mass is 228 g/mol. The molecule has 62 valence electrons. The van der Waals surface area contributed by atoms with Gasteiger partial charge in [0, 0.05) is 0 Å². The van der Waals surface area contributed by atoms with Crippen LogP contribution >= 0.6 is 47.4 Å². The van der Waals surface area contributed by atoms with E-state index in [2.05, 4.69) is 12.6 Å². The second-order valence-electron chi connectivity index (χ2n) is 1.62. The van der Waals surface area contributed by atoms with E-state index in [1.807, 2.05) is 36.4 Å². The van der Waals surface area contributed by atoms with Crippen molar-refractivity contribution in [3.63, 3.8) is 0 Å². The molecule has 0 atom stereocenters. The van der Waals surface area contributed by atoms with E-state index in [1.165, 1.54) is 0 Å². The Bertz CT molecular complexity index is 138. The van der Waals surface area contributed by atoms with Crippen molar-refractivity contribution in [2.45, 2.75) is 3.12 Å². The number of halogens is 3. The summed E-state index contributed by atoms with van der Waals surface area (Å²) < 4.78 is -1.39. The zero-order valence-electron chi connectivity index (χ0n) is 5.55. The van der Waals surface area contributed by atoms with Gasteiger partial charge in [0.2, 0.25) is 3.12 Å². The minimum atomic E-state index is -1.39.